The molecule has 1 aliphatic rings. The zero-order chi connectivity index (χ0) is 7.72. The van der Waals surface area contributed by atoms with Gasteiger partial charge in [-0.25, -0.2) is 4.39 Å². The number of halogens is 1. The number of nitrogens with one attached hydrogen (secondary N) is 1. The molecule has 0 bridgehead atoms. The molecule has 3 unspecified atom stereocenters. The number of hydrogen-bond donors (Lipinski definition) is 2. The van der Waals surface area contributed by atoms with Crippen molar-refractivity contribution in [3.05, 3.63) is 0 Å². The second-order valence-electron chi connectivity index (χ2n) is 2.51. The number of carbonyl (C=O) groups is 1. The fourth-order valence-electron chi connectivity index (χ4n) is 1.19. The fraction of sp³-hybridized carbons (Fsp3) is 0.833. The van der Waals surface area contributed by atoms with Gasteiger partial charge in [-0.05, 0) is 6.42 Å². The van der Waals surface area contributed by atoms with Crippen molar-refractivity contribution in [3.63, 3.8) is 0 Å². The molecular formula is C6H11FN2O. The average Bonchev–Trinajstić information content (AvgIpc) is 2.09. The van der Waals surface area contributed by atoms with Gasteiger partial charge in [0.25, 0.3) is 5.91 Å². The maximum Gasteiger partial charge on any atom is 0.256 e. The Bertz CT molecular complexity index is 151. The largest absolute Gasteiger partial charge is 0.338 e. The van der Waals surface area contributed by atoms with Gasteiger partial charge in [0.15, 0.2) is 6.17 Å². The van der Waals surface area contributed by atoms with Crippen LogP contribution in [0.3, 0.4) is 0 Å². The van der Waals surface area contributed by atoms with Gasteiger partial charge in [-0.2, -0.15) is 0 Å². The summed E-state index contributed by atoms with van der Waals surface area (Å²) >= 11 is 0. The normalized spacial score (nSPS) is 39.9. The van der Waals surface area contributed by atoms with Gasteiger partial charge in [0.05, 0.1) is 6.17 Å². The molecule has 4 heteroatoms. The molecule has 1 aliphatic heterocycles. The van der Waals surface area contributed by atoms with Crippen LogP contribution in [0.15, 0.2) is 0 Å². The van der Waals surface area contributed by atoms with E-state index < -0.39 is 18.2 Å². The van der Waals surface area contributed by atoms with Gasteiger partial charge in [-0.3, -0.25) is 4.79 Å². The second-order valence-corrected chi connectivity index (χ2v) is 2.51. The Balaban J connectivity index is 2.64. The summed E-state index contributed by atoms with van der Waals surface area (Å²) in [5.74, 6) is -0.910. The van der Waals surface area contributed by atoms with Crippen LogP contribution in [-0.2, 0) is 4.79 Å². The molecule has 1 rings (SSSR count). The summed E-state index contributed by atoms with van der Waals surface area (Å²) in [6.45, 7) is 1.82. The van der Waals surface area contributed by atoms with E-state index in [0.29, 0.717) is 6.42 Å². The van der Waals surface area contributed by atoms with Crippen molar-refractivity contribution in [2.24, 2.45) is 11.7 Å². The fourth-order valence-corrected chi connectivity index (χ4v) is 1.19. The quantitative estimate of drug-likeness (QED) is 0.536. The summed E-state index contributed by atoms with van der Waals surface area (Å²) in [4.78, 5) is 10.6. The summed E-state index contributed by atoms with van der Waals surface area (Å²) in [5, 5.41) is 2.33. The van der Waals surface area contributed by atoms with Crippen molar-refractivity contribution >= 4 is 5.91 Å². The summed E-state index contributed by atoms with van der Waals surface area (Å²) in [6.07, 6.45) is -1.30. The smallest absolute Gasteiger partial charge is 0.256 e. The van der Waals surface area contributed by atoms with E-state index in [9.17, 15) is 9.18 Å². The van der Waals surface area contributed by atoms with E-state index in [-0.39, 0.29) is 5.92 Å². The highest BCUT2D eigenvalue weighted by Crippen LogP contribution is 2.20. The number of nitrogens with two attached hydrogens (primary N) is 1. The molecule has 0 radical (unpaired) electrons. The molecule has 1 saturated heterocycles. The second kappa shape index (κ2) is 2.54. The van der Waals surface area contributed by atoms with Crippen LogP contribution in [0.1, 0.15) is 13.3 Å². The van der Waals surface area contributed by atoms with Gasteiger partial charge in [-0.15, -0.1) is 0 Å². The van der Waals surface area contributed by atoms with Crippen molar-refractivity contribution in [2.75, 3.05) is 0 Å². The van der Waals surface area contributed by atoms with Crippen molar-refractivity contribution in [1.82, 2.24) is 5.32 Å². The first-order valence-corrected chi connectivity index (χ1v) is 3.37. The molecule has 3 nitrogen and oxygen atoms in total. The van der Waals surface area contributed by atoms with Gasteiger partial charge < -0.3 is 11.1 Å². The van der Waals surface area contributed by atoms with E-state index in [0.717, 1.165) is 0 Å². The van der Waals surface area contributed by atoms with E-state index in [4.69, 9.17) is 5.73 Å². The number of hydrogen-bond acceptors (Lipinski definition) is 2. The van der Waals surface area contributed by atoms with Crippen LogP contribution in [0.5, 0.6) is 0 Å². The minimum atomic E-state index is -1.40. The Morgan fingerprint density at radius 3 is 2.60 bits per heavy atom. The molecule has 0 saturated carbocycles. The number of rotatable bonds is 1. The lowest BCUT2D eigenvalue weighted by molar-refractivity contribution is -0.123. The van der Waals surface area contributed by atoms with Crippen LogP contribution in [0.25, 0.3) is 0 Å². The third-order valence-corrected chi connectivity index (χ3v) is 1.87. The monoisotopic (exact) mass is 146 g/mol. The van der Waals surface area contributed by atoms with Crippen molar-refractivity contribution in [3.8, 4) is 0 Å². The van der Waals surface area contributed by atoms with Crippen LogP contribution in [0, 0.1) is 5.92 Å². The van der Waals surface area contributed by atoms with E-state index in [1.165, 1.54) is 0 Å². The zero-order valence-corrected chi connectivity index (χ0v) is 5.80. The Morgan fingerprint density at radius 1 is 1.80 bits per heavy atom. The Labute approximate surface area is 58.8 Å². The summed E-state index contributed by atoms with van der Waals surface area (Å²) in [6, 6.07) is 0. The predicted octanol–water partition coefficient (Wildman–Crippen LogP) is -0.235. The van der Waals surface area contributed by atoms with Gasteiger partial charge in [0.2, 0.25) is 0 Å². The molecule has 0 aromatic rings. The Hall–Kier alpha value is -0.640. The Kier molecular flexibility index (Phi) is 1.89. The minimum absolute atomic E-state index is 0.340. The molecule has 58 valence electrons. The summed E-state index contributed by atoms with van der Waals surface area (Å²) in [7, 11) is 0. The highest BCUT2D eigenvalue weighted by atomic mass is 19.1. The van der Waals surface area contributed by atoms with Gasteiger partial charge in [-0.1, -0.05) is 6.92 Å². The highest BCUT2D eigenvalue weighted by molar-refractivity contribution is 5.83. The molecule has 10 heavy (non-hydrogen) atoms. The maximum absolute atomic E-state index is 12.7. The SMILES string of the molecule is CCC1C(N)NC(=O)C1F. The molecule has 3 atom stereocenters. The lowest BCUT2D eigenvalue weighted by atomic mass is 10.0. The van der Waals surface area contributed by atoms with Crippen LogP contribution in [0.4, 0.5) is 4.39 Å². The topological polar surface area (TPSA) is 55.1 Å². The molecule has 0 aromatic heterocycles. The first-order valence-electron chi connectivity index (χ1n) is 3.37. The standard InChI is InChI=1S/C6H11FN2O/c1-2-3-4(7)6(10)9-5(3)8/h3-5H,2,8H2,1H3,(H,9,10). The molecule has 0 aliphatic carbocycles. The highest BCUT2D eigenvalue weighted by Gasteiger charge is 2.39. The maximum atomic E-state index is 12.7. The number of carbonyl (C=O) groups excluding carboxylic acids is 1. The van der Waals surface area contributed by atoms with Gasteiger partial charge in [0.1, 0.15) is 0 Å². The van der Waals surface area contributed by atoms with Crippen molar-refractivity contribution in [1.29, 1.82) is 0 Å². The molecule has 0 spiro atoms. The lowest BCUT2D eigenvalue weighted by Crippen LogP contribution is -2.37. The van der Waals surface area contributed by atoms with Crippen LogP contribution in [-0.4, -0.2) is 18.2 Å². The first-order chi connectivity index (χ1) is 4.66. The molecule has 1 fully saturated rings. The number of alkyl halides is 1. The molecule has 0 aromatic carbocycles. The van der Waals surface area contributed by atoms with Crippen LogP contribution >= 0.6 is 0 Å². The zero-order valence-electron chi connectivity index (χ0n) is 5.80. The van der Waals surface area contributed by atoms with E-state index >= 15 is 0 Å². The van der Waals surface area contributed by atoms with E-state index in [1.54, 1.807) is 0 Å². The summed E-state index contributed by atoms with van der Waals surface area (Å²) in [5.41, 5.74) is 5.40. The van der Waals surface area contributed by atoms with Crippen LogP contribution < -0.4 is 11.1 Å². The van der Waals surface area contributed by atoms with Crippen LogP contribution in [0.2, 0.25) is 0 Å². The minimum Gasteiger partial charge on any atom is -0.338 e. The van der Waals surface area contributed by atoms with Crippen molar-refractivity contribution < 1.29 is 9.18 Å². The molecule has 1 heterocycles. The van der Waals surface area contributed by atoms with Crippen molar-refractivity contribution in [2.45, 2.75) is 25.7 Å². The Morgan fingerprint density at radius 2 is 2.40 bits per heavy atom. The number of amides is 1. The third kappa shape index (κ3) is 0.988. The average molecular weight is 146 g/mol. The van der Waals surface area contributed by atoms with E-state index in [2.05, 4.69) is 5.32 Å². The predicted molar refractivity (Wildman–Crippen MR) is 34.8 cm³/mol. The van der Waals surface area contributed by atoms with Gasteiger partial charge >= 0.3 is 0 Å². The third-order valence-electron chi connectivity index (χ3n) is 1.87. The molecular weight excluding hydrogens is 135 g/mol. The summed E-state index contributed by atoms with van der Waals surface area (Å²) < 4.78 is 12.7. The van der Waals surface area contributed by atoms with Gasteiger partial charge in [0, 0.05) is 5.92 Å². The molecule has 3 N–H and O–H groups in total. The first kappa shape index (κ1) is 7.47. The van der Waals surface area contributed by atoms with E-state index in [1.807, 2.05) is 6.92 Å². The molecule has 1 amide bonds. The lowest BCUT2D eigenvalue weighted by Gasteiger charge is -2.11.